The Morgan fingerprint density at radius 2 is 1.79 bits per heavy atom. The van der Waals surface area contributed by atoms with E-state index in [0.29, 0.717) is 34.0 Å². The average Bonchev–Trinajstić information content (AvgIpc) is 3.28. The molecule has 0 unspecified atom stereocenters. The maximum Gasteiger partial charge on any atom is 0.272 e. The van der Waals surface area contributed by atoms with E-state index in [9.17, 15) is 14.4 Å². The number of anilines is 1. The number of ketones is 1. The highest BCUT2D eigenvalue weighted by Crippen LogP contribution is 2.35. The number of Topliss-reactive ketones (excluding diaryl/α,β-unsaturated/α-hetero) is 1. The van der Waals surface area contributed by atoms with Crippen LogP contribution in [0.2, 0.25) is 0 Å². The summed E-state index contributed by atoms with van der Waals surface area (Å²) in [4.78, 5) is 42.2. The molecular weight excluding hydrogens is 496 g/mol. The third-order valence-corrected chi connectivity index (χ3v) is 7.36. The van der Waals surface area contributed by atoms with Crippen LogP contribution in [0.1, 0.15) is 66.7 Å². The first-order chi connectivity index (χ1) is 18.8. The third kappa shape index (κ3) is 5.67. The molecule has 2 atom stereocenters. The summed E-state index contributed by atoms with van der Waals surface area (Å²) in [5.41, 5.74) is 2.09. The van der Waals surface area contributed by atoms with Gasteiger partial charge in [-0.3, -0.25) is 24.0 Å². The van der Waals surface area contributed by atoms with Crippen LogP contribution < -0.4 is 19.7 Å². The first-order valence-corrected chi connectivity index (χ1v) is 13.4. The molecule has 2 aliphatic rings. The van der Waals surface area contributed by atoms with Crippen LogP contribution in [-0.2, 0) is 16.6 Å². The van der Waals surface area contributed by atoms with Gasteiger partial charge in [0.15, 0.2) is 17.3 Å². The Morgan fingerprint density at radius 3 is 2.49 bits per heavy atom. The Morgan fingerprint density at radius 1 is 1.05 bits per heavy atom. The van der Waals surface area contributed by atoms with Gasteiger partial charge in [0.05, 0.1) is 5.69 Å². The fourth-order valence-corrected chi connectivity index (χ4v) is 5.39. The minimum atomic E-state index is -1.03. The van der Waals surface area contributed by atoms with Crippen molar-refractivity contribution < 1.29 is 23.9 Å². The van der Waals surface area contributed by atoms with Gasteiger partial charge < -0.3 is 14.8 Å². The van der Waals surface area contributed by atoms with Gasteiger partial charge in [-0.15, -0.1) is 0 Å². The second-order valence-corrected chi connectivity index (χ2v) is 10.3. The Bertz CT molecular complexity index is 1380. The number of amides is 2. The van der Waals surface area contributed by atoms with E-state index in [-0.39, 0.29) is 24.3 Å². The summed E-state index contributed by atoms with van der Waals surface area (Å²) in [6.07, 6.45) is 5.82. The lowest BCUT2D eigenvalue weighted by molar-refractivity contribution is -0.132. The number of ether oxygens (including phenoxy) is 2. The summed E-state index contributed by atoms with van der Waals surface area (Å²) in [6, 6.07) is 13.0. The smallest absolute Gasteiger partial charge is 0.272 e. The van der Waals surface area contributed by atoms with Crippen molar-refractivity contribution in [2.45, 2.75) is 64.1 Å². The molecule has 5 rings (SSSR count). The van der Waals surface area contributed by atoms with Gasteiger partial charge in [0.2, 0.25) is 12.0 Å². The van der Waals surface area contributed by atoms with Crippen molar-refractivity contribution in [3.05, 3.63) is 71.5 Å². The molecule has 9 heteroatoms. The van der Waals surface area contributed by atoms with Crippen LogP contribution in [0.4, 0.5) is 5.69 Å². The van der Waals surface area contributed by atoms with Crippen LogP contribution in [0.3, 0.4) is 0 Å². The molecule has 1 aliphatic carbocycles. The molecule has 2 amide bonds. The number of aromatic nitrogens is 2. The Balaban J connectivity index is 1.59. The van der Waals surface area contributed by atoms with Gasteiger partial charge in [0.1, 0.15) is 12.6 Å². The van der Waals surface area contributed by atoms with Crippen LogP contribution in [0.25, 0.3) is 0 Å². The van der Waals surface area contributed by atoms with Gasteiger partial charge in [-0.1, -0.05) is 43.5 Å². The average molecular weight is 531 g/mol. The summed E-state index contributed by atoms with van der Waals surface area (Å²) in [7, 11) is 1.78. The van der Waals surface area contributed by atoms with E-state index >= 15 is 0 Å². The van der Waals surface area contributed by atoms with Crippen molar-refractivity contribution in [2.75, 3.05) is 11.5 Å². The predicted molar refractivity (Wildman–Crippen MR) is 146 cm³/mol. The molecule has 1 aliphatic heterocycles. The number of hydrogen-bond acceptors (Lipinski definition) is 6. The van der Waals surface area contributed by atoms with Crippen molar-refractivity contribution in [3.8, 4) is 11.5 Å². The van der Waals surface area contributed by atoms with Gasteiger partial charge in [-0.25, -0.2) is 0 Å². The monoisotopic (exact) mass is 530 g/mol. The molecule has 0 saturated heterocycles. The number of rotatable bonds is 7. The zero-order valence-corrected chi connectivity index (χ0v) is 22.6. The van der Waals surface area contributed by atoms with Crippen LogP contribution >= 0.6 is 0 Å². The lowest BCUT2D eigenvalue weighted by atomic mass is 9.94. The van der Waals surface area contributed by atoms with Crippen molar-refractivity contribution in [1.82, 2.24) is 15.1 Å². The summed E-state index contributed by atoms with van der Waals surface area (Å²) in [6.45, 7) is 3.28. The summed E-state index contributed by atoms with van der Waals surface area (Å²) in [5.74, 6) is 0.131. The van der Waals surface area contributed by atoms with Crippen LogP contribution in [0, 0.1) is 6.92 Å². The van der Waals surface area contributed by atoms with Crippen molar-refractivity contribution >= 4 is 23.3 Å². The molecule has 3 aromatic rings. The number of fused-ring (bicyclic) bond motifs is 1. The minimum Gasteiger partial charge on any atom is -0.485 e. The number of carbonyl (C=O) groups is 3. The largest absolute Gasteiger partial charge is 0.485 e. The van der Waals surface area contributed by atoms with E-state index < -0.39 is 18.1 Å². The molecule has 9 nitrogen and oxygen atoms in total. The van der Waals surface area contributed by atoms with E-state index in [0.717, 1.165) is 32.1 Å². The molecule has 1 saturated carbocycles. The number of carbonyl (C=O) groups excluding carboxylic acids is 3. The van der Waals surface area contributed by atoms with Crippen molar-refractivity contribution in [3.63, 3.8) is 0 Å². The van der Waals surface area contributed by atoms with Crippen LogP contribution in [0.15, 0.2) is 54.7 Å². The van der Waals surface area contributed by atoms with E-state index in [1.165, 1.54) is 11.8 Å². The number of benzene rings is 2. The number of nitrogens with one attached hydrogen (secondary N) is 1. The van der Waals surface area contributed by atoms with Gasteiger partial charge in [-0.05, 0) is 51.0 Å². The van der Waals surface area contributed by atoms with E-state index in [1.54, 1.807) is 54.3 Å². The summed E-state index contributed by atoms with van der Waals surface area (Å²) in [5, 5.41) is 7.68. The highest BCUT2D eigenvalue weighted by Gasteiger charge is 2.41. The SMILES string of the molecule is CC(=O)c1cccc(N(C(=O)[C@H]2COc3ccccc3O2)[C@H](C(=O)NC2CCCCC2)c2cn(C)nc2C)c1. The highest BCUT2D eigenvalue weighted by molar-refractivity contribution is 6.05. The molecule has 1 aromatic heterocycles. The molecule has 39 heavy (non-hydrogen) atoms. The molecule has 1 N–H and O–H groups in total. The first-order valence-electron chi connectivity index (χ1n) is 13.4. The van der Waals surface area contributed by atoms with Crippen molar-refractivity contribution in [1.29, 1.82) is 0 Å². The Labute approximate surface area is 228 Å². The molecule has 1 fully saturated rings. The van der Waals surface area contributed by atoms with E-state index in [1.807, 2.05) is 19.1 Å². The zero-order valence-electron chi connectivity index (χ0n) is 22.6. The maximum atomic E-state index is 14.3. The summed E-state index contributed by atoms with van der Waals surface area (Å²) < 4.78 is 13.6. The van der Waals surface area contributed by atoms with Crippen LogP contribution in [0.5, 0.6) is 11.5 Å². The molecular formula is C30H34N4O5. The predicted octanol–water partition coefficient (Wildman–Crippen LogP) is 4.29. The summed E-state index contributed by atoms with van der Waals surface area (Å²) >= 11 is 0. The Hall–Kier alpha value is -4.14. The molecule has 0 radical (unpaired) electrons. The zero-order chi connectivity index (χ0) is 27.5. The van der Waals surface area contributed by atoms with Gasteiger partial charge in [-0.2, -0.15) is 5.10 Å². The van der Waals surface area contributed by atoms with Crippen LogP contribution in [-0.4, -0.2) is 46.1 Å². The lowest BCUT2D eigenvalue weighted by Gasteiger charge is -2.36. The highest BCUT2D eigenvalue weighted by atomic mass is 16.6. The number of hydrogen-bond donors (Lipinski definition) is 1. The second-order valence-electron chi connectivity index (χ2n) is 10.3. The quantitative estimate of drug-likeness (QED) is 0.457. The molecule has 204 valence electrons. The van der Waals surface area contributed by atoms with E-state index in [2.05, 4.69) is 10.4 Å². The van der Waals surface area contributed by atoms with Gasteiger partial charge in [0.25, 0.3) is 5.91 Å². The van der Waals surface area contributed by atoms with Gasteiger partial charge in [0, 0.05) is 36.1 Å². The topological polar surface area (TPSA) is 103 Å². The molecule has 2 heterocycles. The minimum absolute atomic E-state index is 0.0122. The number of aryl methyl sites for hydroxylation is 2. The maximum absolute atomic E-state index is 14.3. The molecule has 0 spiro atoms. The normalized spacial score (nSPS) is 17.8. The third-order valence-electron chi connectivity index (χ3n) is 7.36. The Kier molecular flexibility index (Phi) is 7.67. The van der Waals surface area contributed by atoms with Gasteiger partial charge >= 0.3 is 0 Å². The first kappa shape index (κ1) is 26.5. The standard InChI is InChI=1S/C30H34N4O5/c1-19-24(17-33(3)32-19)28(29(36)31-22-11-5-4-6-12-22)34(23-13-9-10-21(16-23)20(2)35)30(37)27-18-38-25-14-7-8-15-26(25)39-27/h7-10,13-17,22,27-28H,4-6,11-12,18H2,1-3H3,(H,31,36)/t27-,28+/m1/s1. The fourth-order valence-electron chi connectivity index (χ4n) is 5.39. The van der Waals surface area contributed by atoms with E-state index in [4.69, 9.17) is 9.47 Å². The number of para-hydroxylation sites is 2. The number of nitrogens with zero attached hydrogens (tertiary/aromatic N) is 3. The molecule has 2 aromatic carbocycles. The lowest BCUT2D eigenvalue weighted by Crippen LogP contribution is -2.52. The van der Waals surface area contributed by atoms with Crippen molar-refractivity contribution in [2.24, 2.45) is 7.05 Å². The fraction of sp³-hybridized carbons (Fsp3) is 0.400. The molecule has 0 bridgehead atoms. The second kappa shape index (κ2) is 11.3.